The molecule has 24 heavy (non-hydrogen) atoms. The van der Waals surface area contributed by atoms with Crippen LogP contribution in [0.3, 0.4) is 0 Å². The lowest BCUT2D eigenvalue weighted by molar-refractivity contribution is -0.136. The third kappa shape index (κ3) is 2.90. The minimum absolute atomic E-state index is 0.182. The lowest BCUT2D eigenvalue weighted by Gasteiger charge is -2.34. The summed E-state index contributed by atoms with van der Waals surface area (Å²) < 4.78 is 6.05. The van der Waals surface area contributed by atoms with Crippen molar-refractivity contribution in [1.29, 1.82) is 0 Å². The van der Waals surface area contributed by atoms with Crippen LogP contribution in [-0.2, 0) is 20.7 Å². The molecule has 0 bridgehead atoms. The van der Waals surface area contributed by atoms with Gasteiger partial charge in [-0.1, -0.05) is 6.92 Å². The second-order valence-electron chi connectivity index (χ2n) is 6.14. The van der Waals surface area contributed by atoms with Gasteiger partial charge in [0.25, 0.3) is 0 Å². The van der Waals surface area contributed by atoms with Gasteiger partial charge in [0.05, 0.1) is 18.6 Å². The number of aliphatic imine (C=N–C) groups is 1. The lowest BCUT2D eigenvalue weighted by Crippen LogP contribution is -2.38. The molecule has 1 aromatic heterocycles. The van der Waals surface area contributed by atoms with E-state index in [9.17, 15) is 9.59 Å². The van der Waals surface area contributed by atoms with Gasteiger partial charge >= 0.3 is 5.97 Å². The van der Waals surface area contributed by atoms with Gasteiger partial charge in [-0.25, -0.2) is 4.79 Å². The van der Waals surface area contributed by atoms with Crippen molar-refractivity contribution in [3.8, 4) is 0 Å². The minimum atomic E-state index is -0.388. The van der Waals surface area contributed by atoms with Crippen LogP contribution in [0.2, 0.25) is 0 Å². The summed E-state index contributed by atoms with van der Waals surface area (Å²) in [6.45, 7) is 3.94. The Labute approximate surface area is 154 Å². The fraction of sp³-hybridized carbons (Fsp3) is 0.500. The molecule has 1 fully saturated rings. The van der Waals surface area contributed by atoms with Crippen molar-refractivity contribution in [2.45, 2.75) is 45.4 Å². The van der Waals surface area contributed by atoms with Gasteiger partial charge in [-0.05, 0) is 48.2 Å². The molecule has 1 aromatic rings. The van der Waals surface area contributed by atoms with Gasteiger partial charge in [0.2, 0.25) is 0 Å². The summed E-state index contributed by atoms with van der Waals surface area (Å²) in [6.07, 6.45) is 3.14. The highest BCUT2D eigenvalue weighted by atomic mass is 79.9. The Hall–Kier alpha value is -1.27. The zero-order valence-corrected chi connectivity index (χ0v) is 16.4. The second kappa shape index (κ2) is 6.92. The third-order valence-electron chi connectivity index (χ3n) is 4.72. The number of hydrogen-bond acceptors (Lipinski definition) is 5. The van der Waals surface area contributed by atoms with Crippen LogP contribution in [0.5, 0.6) is 0 Å². The summed E-state index contributed by atoms with van der Waals surface area (Å²) in [4.78, 5) is 32.0. The Morgan fingerprint density at radius 1 is 1.42 bits per heavy atom. The number of rotatable bonds is 3. The minimum Gasteiger partial charge on any atom is -0.466 e. The Morgan fingerprint density at radius 2 is 2.17 bits per heavy atom. The van der Waals surface area contributed by atoms with Crippen molar-refractivity contribution < 1.29 is 14.3 Å². The highest BCUT2D eigenvalue weighted by Crippen LogP contribution is 2.46. The van der Waals surface area contributed by atoms with Crippen molar-refractivity contribution >= 4 is 44.7 Å². The predicted octanol–water partition coefficient (Wildman–Crippen LogP) is 4.43. The van der Waals surface area contributed by atoms with Gasteiger partial charge in [0.1, 0.15) is 5.78 Å². The monoisotopic (exact) mass is 409 g/mol. The lowest BCUT2D eigenvalue weighted by atomic mass is 9.71. The number of allylic oxidation sites excluding steroid dienone is 1. The van der Waals surface area contributed by atoms with Crippen LogP contribution in [0.1, 0.15) is 48.8 Å². The fourth-order valence-corrected chi connectivity index (χ4v) is 5.69. The maximum Gasteiger partial charge on any atom is 0.336 e. The predicted molar refractivity (Wildman–Crippen MR) is 98.6 cm³/mol. The standard InChI is InChI=1S/C18H20BrNO3S/c1-4-13-10(19)8-14(24-13)17-15(18(22)23-3)9(2)20-11-6-5-7-12(21)16(11)17/h8,16-17H,4-7H2,1-3H3/t16?,17-/m1/s1. The molecule has 6 heteroatoms. The van der Waals surface area contributed by atoms with E-state index in [-0.39, 0.29) is 23.6 Å². The van der Waals surface area contributed by atoms with Crippen molar-refractivity contribution in [1.82, 2.24) is 0 Å². The largest absolute Gasteiger partial charge is 0.466 e. The van der Waals surface area contributed by atoms with Crippen molar-refractivity contribution in [2.75, 3.05) is 7.11 Å². The number of carbonyl (C=O) groups excluding carboxylic acids is 2. The molecule has 2 heterocycles. The molecule has 1 aliphatic heterocycles. The first-order valence-corrected chi connectivity index (χ1v) is 9.76. The first-order chi connectivity index (χ1) is 11.5. The number of carbonyl (C=O) groups is 2. The average molecular weight is 410 g/mol. The maximum absolute atomic E-state index is 12.7. The van der Waals surface area contributed by atoms with Crippen LogP contribution in [-0.4, -0.2) is 24.6 Å². The number of ether oxygens (including phenoxy) is 1. The van der Waals surface area contributed by atoms with E-state index in [1.165, 1.54) is 12.0 Å². The van der Waals surface area contributed by atoms with E-state index in [0.29, 0.717) is 17.7 Å². The molecule has 0 spiro atoms. The third-order valence-corrected chi connectivity index (χ3v) is 7.05. The summed E-state index contributed by atoms with van der Waals surface area (Å²) in [6, 6.07) is 2.05. The molecule has 1 unspecified atom stereocenters. The molecule has 1 aliphatic carbocycles. The number of ketones is 1. The SMILES string of the molecule is CCc1sc([C@@H]2C(C(=O)OC)=C(C)N=C3CCCC(=O)C32)cc1Br. The summed E-state index contributed by atoms with van der Waals surface area (Å²) >= 11 is 5.26. The Bertz CT molecular complexity index is 762. The molecular weight excluding hydrogens is 390 g/mol. The van der Waals surface area contributed by atoms with Crippen LogP contribution in [0.4, 0.5) is 0 Å². The van der Waals surface area contributed by atoms with Crippen LogP contribution in [0.15, 0.2) is 26.8 Å². The zero-order chi connectivity index (χ0) is 17.4. The molecule has 0 N–H and O–H groups in total. The highest BCUT2D eigenvalue weighted by Gasteiger charge is 2.44. The van der Waals surface area contributed by atoms with E-state index in [1.807, 2.05) is 6.92 Å². The van der Waals surface area contributed by atoms with Gasteiger partial charge in [0, 0.05) is 38.0 Å². The highest BCUT2D eigenvalue weighted by molar-refractivity contribution is 9.10. The number of Topliss-reactive ketones (excluding diaryl/α,β-unsaturated/α-hetero) is 1. The van der Waals surface area contributed by atoms with Gasteiger partial charge in [-0.15, -0.1) is 11.3 Å². The number of fused-ring (bicyclic) bond motifs is 1. The number of hydrogen-bond donors (Lipinski definition) is 0. The quantitative estimate of drug-likeness (QED) is 0.693. The molecule has 2 aliphatic rings. The number of thiophene rings is 1. The summed E-state index contributed by atoms with van der Waals surface area (Å²) in [5, 5.41) is 0. The molecule has 128 valence electrons. The van der Waals surface area contributed by atoms with E-state index in [0.717, 1.165) is 34.3 Å². The van der Waals surface area contributed by atoms with E-state index in [2.05, 4.69) is 33.9 Å². The van der Waals surface area contributed by atoms with Gasteiger partial charge < -0.3 is 4.74 Å². The number of aryl methyl sites for hydroxylation is 1. The Kier molecular flexibility index (Phi) is 5.06. The molecule has 2 atom stereocenters. The smallest absolute Gasteiger partial charge is 0.336 e. The molecule has 0 radical (unpaired) electrons. The molecule has 1 saturated carbocycles. The van der Waals surface area contributed by atoms with E-state index in [4.69, 9.17) is 4.74 Å². The Morgan fingerprint density at radius 3 is 2.79 bits per heavy atom. The van der Waals surface area contributed by atoms with Gasteiger partial charge in [0.15, 0.2) is 0 Å². The maximum atomic E-state index is 12.7. The normalized spacial score (nSPS) is 23.8. The van der Waals surface area contributed by atoms with Crippen molar-refractivity contribution in [3.63, 3.8) is 0 Å². The number of halogens is 1. The van der Waals surface area contributed by atoms with Crippen LogP contribution < -0.4 is 0 Å². The first kappa shape index (κ1) is 17.5. The molecule has 4 nitrogen and oxygen atoms in total. The van der Waals surface area contributed by atoms with E-state index < -0.39 is 0 Å². The van der Waals surface area contributed by atoms with E-state index in [1.54, 1.807) is 11.3 Å². The van der Waals surface area contributed by atoms with Crippen LogP contribution in [0.25, 0.3) is 0 Å². The first-order valence-electron chi connectivity index (χ1n) is 8.15. The number of methoxy groups -OCH3 is 1. The van der Waals surface area contributed by atoms with Crippen molar-refractivity contribution in [2.24, 2.45) is 10.9 Å². The molecule has 3 rings (SSSR count). The summed E-state index contributed by atoms with van der Waals surface area (Å²) in [5.41, 5.74) is 2.12. The second-order valence-corrected chi connectivity index (χ2v) is 8.17. The van der Waals surface area contributed by atoms with Gasteiger partial charge in [-0.3, -0.25) is 9.79 Å². The molecule has 0 aromatic carbocycles. The summed E-state index contributed by atoms with van der Waals surface area (Å²) in [7, 11) is 1.38. The van der Waals surface area contributed by atoms with E-state index >= 15 is 0 Å². The number of nitrogens with zero attached hydrogens (tertiary/aromatic N) is 1. The topological polar surface area (TPSA) is 55.7 Å². The zero-order valence-electron chi connectivity index (χ0n) is 14.0. The molecular formula is C18H20BrNO3S. The number of esters is 1. The van der Waals surface area contributed by atoms with Gasteiger partial charge in [-0.2, -0.15) is 0 Å². The fourth-order valence-electron chi connectivity index (χ4n) is 3.62. The Balaban J connectivity index is 2.17. The van der Waals surface area contributed by atoms with Crippen molar-refractivity contribution in [3.05, 3.63) is 31.6 Å². The van der Waals surface area contributed by atoms with Crippen LogP contribution in [0, 0.1) is 5.92 Å². The molecule has 0 amide bonds. The average Bonchev–Trinajstić information content (AvgIpc) is 2.93. The molecule has 0 saturated heterocycles. The van der Waals surface area contributed by atoms with Crippen LogP contribution >= 0.6 is 27.3 Å². The summed E-state index contributed by atoms with van der Waals surface area (Å²) in [5.74, 6) is -0.811.